The maximum Gasteiger partial charge on any atom is 0.254 e. The van der Waals surface area contributed by atoms with Crippen molar-refractivity contribution in [2.75, 3.05) is 0 Å². The lowest BCUT2D eigenvalue weighted by Crippen LogP contribution is -2.42. The molecule has 3 aromatic rings. The quantitative estimate of drug-likeness (QED) is 0.690. The highest BCUT2D eigenvalue weighted by molar-refractivity contribution is 6.01. The van der Waals surface area contributed by atoms with Crippen molar-refractivity contribution >= 4 is 5.91 Å². The molecule has 6 heteroatoms. The number of amides is 1. The van der Waals surface area contributed by atoms with E-state index in [4.69, 9.17) is 0 Å². The maximum atomic E-state index is 13.3. The summed E-state index contributed by atoms with van der Waals surface area (Å²) in [6, 6.07) is 11.9. The topological polar surface area (TPSA) is 63.9 Å². The summed E-state index contributed by atoms with van der Waals surface area (Å²) in [7, 11) is 0. The Morgan fingerprint density at radius 3 is 2.15 bits per heavy atom. The zero-order chi connectivity index (χ0) is 19.6. The highest BCUT2D eigenvalue weighted by Crippen LogP contribution is 2.28. The predicted octanol–water partition coefficient (Wildman–Crippen LogP) is 3.90. The number of pyridine rings is 1. The van der Waals surface area contributed by atoms with Gasteiger partial charge >= 0.3 is 0 Å². The number of benzene rings is 1. The minimum Gasteiger partial charge on any atom is -0.334 e. The molecule has 0 unspecified atom stereocenters. The average molecular weight is 363 g/mol. The molecule has 2 heterocycles. The summed E-state index contributed by atoms with van der Waals surface area (Å²) in [5.41, 5.74) is 3.39. The van der Waals surface area contributed by atoms with E-state index in [2.05, 4.69) is 15.2 Å². The van der Waals surface area contributed by atoms with Crippen LogP contribution in [0.25, 0.3) is 16.9 Å². The third-order valence-corrected chi connectivity index (χ3v) is 4.55. The Kier molecular flexibility index (Phi) is 5.35. The minimum atomic E-state index is 0.0397. The van der Waals surface area contributed by atoms with Crippen molar-refractivity contribution in [3.8, 4) is 16.9 Å². The molecular formula is C21H25N5O. The monoisotopic (exact) mass is 363 g/mol. The molecular weight excluding hydrogens is 338 g/mol. The molecule has 0 aliphatic heterocycles. The summed E-state index contributed by atoms with van der Waals surface area (Å²) in [5.74, 6) is 0.786. The van der Waals surface area contributed by atoms with E-state index in [0.717, 1.165) is 22.6 Å². The molecule has 0 aliphatic carbocycles. The number of hydrogen-bond donors (Lipinski definition) is 0. The number of nitrogens with zero attached hydrogens (tertiary/aromatic N) is 5. The molecule has 0 spiro atoms. The van der Waals surface area contributed by atoms with E-state index in [0.29, 0.717) is 5.56 Å². The molecule has 2 aromatic heterocycles. The maximum absolute atomic E-state index is 13.3. The van der Waals surface area contributed by atoms with Crippen molar-refractivity contribution in [2.45, 2.75) is 46.7 Å². The first-order valence-electron chi connectivity index (χ1n) is 9.15. The average Bonchev–Trinajstić information content (AvgIpc) is 3.15. The standard InChI is InChI=1S/C21H25N5O/c1-14(2)26(15(3)4)21(27)19-9-7-6-8-18(19)17-10-11-20(24-16(17)5)25-12-22-23-13-25/h6-15H,1-5H3. The summed E-state index contributed by atoms with van der Waals surface area (Å²) in [4.78, 5) is 19.8. The molecule has 0 fully saturated rings. The third kappa shape index (κ3) is 3.74. The number of hydrogen-bond acceptors (Lipinski definition) is 4. The molecule has 0 saturated carbocycles. The normalized spacial score (nSPS) is 11.2. The van der Waals surface area contributed by atoms with E-state index in [9.17, 15) is 4.79 Å². The SMILES string of the molecule is Cc1nc(-n2cnnc2)ccc1-c1ccccc1C(=O)N(C(C)C)C(C)C. The Morgan fingerprint density at radius 2 is 1.56 bits per heavy atom. The van der Waals surface area contributed by atoms with Crippen LogP contribution in [0.15, 0.2) is 49.1 Å². The second kappa shape index (κ2) is 7.70. The summed E-state index contributed by atoms with van der Waals surface area (Å²) >= 11 is 0. The first-order chi connectivity index (χ1) is 12.9. The zero-order valence-corrected chi connectivity index (χ0v) is 16.4. The summed E-state index contributed by atoms with van der Waals surface area (Å²) in [5, 5.41) is 7.64. The Morgan fingerprint density at radius 1 is 0.926 bits per heavy atom. The highest BCUT2D eigenvalue weighted by Gasteiger charge is 2.24. The van der Waals surface area contributed by atoms with Crippen LogP contribution >= 0.6 is 0 Å². The van der Waals surface area contributed by atoms with E-state index in [1.165, 1.54) is 0 Å². The fourth-order valence-electron chi connectivity index (χ4n) is 3.40. The molecule has 1 amide bonds. The van der Waals surface area contributed by atoms with Crippen LogP contribution in [0.3, 0.4) is 0 Å². The lowest BCUT2D eigenvalue weighted by atomic mass is 9.97. The summed E-state index contributed by atoms with van der Waals surface area (Å²) < 4.78 is 1.76. The van der Waals surface area contributed by atoms with Gasteiger partial charge < -0.3 is 4.90 Å². The van der Waals surface area contributed by atoms with Crippen molar-refractivity contribution in [2.24, 2.45) is 0 Å². The van der Waals surface area contributed by atoms with Gasteiger partial charge in [-0.15, -0.1) is 10.2 Å². The largest absolute Gasteiger partial charge is 0.334 e. The molecule has 0 N–H and O–H groups in total. The van der Waals surface area contributed by atoms with Crippen LogP contribution in [0.4, 0.5) is 0 Å². The van der Waals surface area contributed by atoms with Gasteiger partial charge in [0.15, 0.2) is 0 Å². The van der Waals surface area contributed by atoms with Gasteiger partial charge in [-0.1, -0.05) is 18.2 Å². The van der Waals surface area contributed by atoms with Crippen molar-refractivity contribution in [1.82, 2.24) is 24.6 Å². The Labute approximate surface area is 159 Å². The van der Waals surface area contributed by atoms with Crippen LogP contribution in [0, 0.1) is 6.92 Å². The Balaban J connectivity index is 2.05. The highest BCUT2D eigenvalue weighted by atomic mass is 16.2. The molecule has 0 aliphatic rings. The molecule has 0 radical (unpaired) electrons. The van der Waals surface area contributed by atoms with Gasteiger partial charge in [-0.05, 0) is 58.4 Å². The lowest BCUT2D eigenvalue weighted by molar-refractivity contribution is 0.0644. The second-order valence-corrected chi connectivity index (χ2v) is 7.12. The Bertz CT molecular complexity index is 924. The molecule has 0 atom stereocenters. The molecule has 27 heavy (non-hydrogen) atoms. The van der Waals surface area contributed by atoms with E-state index in [1.807, 2.05) is 75.9 Å². The van der Waals surface area contributed by atoms with Crippen LogP contribution in [-0.2, 0) is 0 Å². The first-order valence-corrected chi connectivity index (χ1v) is 9.15. The van der Waals surface area contributed by atoms with Gasteiger partial charge in [-0.3, -0.25) is 9.36 Å². The minimum absolute atomic E-state index is 0.0397. The fourth-order valence-corrected chi connectivity index (χ4v) is 3.40. The predicted molar refractivity (Wildman–Crippen MR) is 106 cm³/mol. The van der Waals surface area contributed by atoms with Gasteiger partial charge in [0.05, 0.1) is 0 Å². The summed E-state index contributed by atoms with van der Waals surface area (Å²) in [6.07, 6.45) is 3.23. The van der Waals surface area contributed by atoms with Crippen molar-refractivity contribution < 1.29 is 4.79 Å². The molecule has 1 aromatic carbocycles. The third-order valence-electron chi connectivity index (χ3n) is 4.55. The van der Waals surface area contributed by atoms with Gasteiger partial charge in [0, 0.05) is 28.9 Å². The van der Waals surface area contributed by atoms with Crippen molar-refractivity contribution in [3.63, 3.8) is 0 Å². The molecule has 0 saturated heterocycles. The van der Waals surface area contributed by atoms with Gasteiger partial charge in [0.2, 0.25) is 0 Å². The number of aromatic nitrogens is 4. The number of rotatable bonds is 5. The number of carbonyl (C=O) groups excluding carboxylic acids is 1. The van der Waals surface area contributed by atoms with E-state index < -0.39 is 0 Å². The van der Waals surface area contributed by atoms with Gasteiger partial charge in [0.1, 0.15) is 18.5 Å². The van der Waals surface area contributed by atoms with Crippen LogP contribution in [0.1, 0.15) is 43.7 Å². The second-order valence-electron chi connectivity index (χ2n) is 7.12. The van der Waals surface area contributed by atoms with E-state index >= 15 is 0 Å². The van der Waals surface area contributed by atoms with Gasteiger partial charge in [0.25, 0.3) is 5.91 Å². The smallest absolute Gasteiger partial charge is 0.254 e. The summed E-state index contributed by atoms with van der Waals surface area (Å²) in [6.45, 7) is 10.1. The van der Waals surface area contributed by atoms with Crippen LogP contribution in [0.5, 0.6) is 0 Å². The molecule has 6 nitrogen and oxygen atoms in total. The van der Waals surface area contributed by atoms with Gasteiger partial charge in [-0.25, -0.2) is 4.98 Å². The lowest BCUT2D eigenvalue weighted by Gasteiger charge is -2.31. The number of carbonyl (C=O) groups is 1. The van der Waals surface area contributed by atoms with Crippen LogP contribution < -0.4 is 0 Å². The molecule has 3 rings (SSSR count). The van der Waals surface area contributed by atoms with E-state index in [1.54, 1.807) is 17.2 Å². The van der Waals surface area contributed by atoms with Crippen molar-refractivity contribution in [1.29, 1.82) is 0 Å². The van der Waals surface area contributed by atoms with Crippen LogP contribution in [-0.4, -0.2) is 42.6 Å². The first kappa shape index (κ1) is 18.8. The van der Waals surface area contributed by atoms with Crippen molar-refractivity contribution in [3.05, 3.63) is 60.3 Å². The van der Waals surface area contributed by atoms with Gasteiger partial charge in [-0.2, -0.15) is 0 Å². The van der Waals surface area contributed by atoms with E-state index in [-0.39, 0.29) is 18.0 Å². The van der Waals surface area contributed by atoms with Crippen LogP contribution in [0.2, 0.25) is 0 Å². The number of aryl methyl sites for hydroxylation is 1. The Hall–Kier alpha value is -3.02. The molecule has 0 bridgehead atoms. The zero-order valence-electron chi connectivity index (χ0n) is 16.4. The molecule has 140 valence electrons. The fraction of sp³-hybridized carbons (Fsp3) is 0.333.